The second-order valence-electron chi connectivity index (χ2n) is 3.98. The minimum atomic E-state index is -0.514. The summed E-state index contributed by atoms with van der Waals surface area (Å²) in [5, 5.41) is 10.4. The average Bonchev–Trinajstić information content (AvgIpc) is 2.78. The van der Waals surface area contributed by atoms with Gasteiger partial charge >= 0.3 is 0 Å². The summed E-state index contributed by atoms with van der Waals surface area (Å²) in [5.41, 5.74) is 0.244. The van der Waals surface area contributed by atoms with Gasteiger partial charge in [-0.05, 0) is 11.7 Å². The molecule has 0 aromatic carbocycles. The van der Waals surface area contributed by atoms with Crippen LogP contribution in [0.15, 0.2) is 12.3 Å². The molecule has 0 aliphatic heterocycles. The molecule has 1 heterocycles. The van der Waals surface area contributed by atoms with Crippen molar-refractivity contribution in [2.75, 3.05) is 11.5 Å². The number of nitrogens with zero attached hydrogens (tertiary/aromatic N) is 1. The third-order valence-corrected chi connectivity index (χ3v) is 3.78. The van der Waals surface area contributed by atoms with Crippen molar-refractivity contribution >= 4 is 23.2 Å². The molecule has 0 bridgehead atoms. The summed E-state index contributed by atoms with van der Waals surface area (Å²) in [6.07, 6.45) is 2.34. The number of nitrogens with one attached hydrogen (secondary N) is 1. The summed E-state index contributed by atoms with van der Waals surface area (Å²) in [7, 11) is 0. The van der Waals surface area contributed by atoms with Crippen molar-refractivity contribution in [3.8, 4) is 0 Å². The zero-order chi connectivity index (χ0) is 12.8. The van der Waals surface area contributed by atoms with E-state index < -0.39 is 4.92 Å². The lowest BCUT2D eigenvalue weighted by molar-refractivity contribution is -0.384. The molecular weight excluding hydrogens is 240 g/mol. The number of aromatic nitrogens is 1. The molecule has 94 valence electrons. The van der Waals surface area contributed by atoms with Gasteiger partial charge < -0.3 is 4.98 Å². The minimum Gasteiger partial charge on any atom is -0.353 e. The Kier molecular flexibility index (Phi) is 5.21. The third-order valence-electron chi connectivity index (χ3n) is 2.51. The lowest BCUT2D eigenvalue weighted by Gasteiger charge is -2.06. The molecule has 0 aliphatic carbocycles. The lowest BCUT2D eigenvalue weighted by Crippen LogP contribution is -2.05. The summed E-state index contributed by atoms with van der Waals surface area (Å²) in [6, 6.07) is 1.28. The Morgan fingerprint density at radius 1 is 1.65 bits per heavy atom. The van der Waals surface area contributed by atoms with Crippen molar-refractivity contribution in [2.24, 2.45) is 5.92 Å². The highest BCUT2D eigenvalue weighted by Gasteiger charge is 2.14. The van der Waals surface area contributed by atoms with Gasteiger partial charge in [0.25, 0.3) is 5.69 Å². The zero-order valence-corrected chi connectivity index (χ0v) is 10.8. The number of Topliss-reactive ketones (excluding diaryl/α,β-unsaturated/α-hetero) is 1. The molecule has 1 rings (SSSR count). The Morgan fingerprint density at radius 2 is 2.35 bits per heavy atom. The van der Waals surface area contributed by atoms with E-state index in [9.17, 15) is 14.9 Å². The number of carbonyl (C=O) groups excluding carboxylic acids is 1. The number of hydrogen-bond acceptors (Lipinski definition) is 4. The molecule has 0 saturated heterocycles. The largest absolute Gasteiger partial charge is 0.353 e. The quantitative estimate of drug-likeness (QED) is 0.462. The second-order valence-corrected chi connectivity index (χ2v) is 5.01. The van der Waals surface area contributed by atoms with Crippen LogP contribution in [0.2, 0.25) is 0 Å². The van der Waals surface area contributed by atoms with Gasteiger partial charge in [-0.2, -0.15) is 11.8 Å². The summed E-state index contributed by atoms with van der Waals surface area (Å²) in [4.78, 5) is 24.2. The number of ketones is 1. The van der Waals surface area contributed by atoms with E-state index in [4.69, 9.17) is 0 Å². The van der Waals surface area contributed by atoms with Crippen molar-refractivity contribution in [1.82, 2.24) is 4.98 Å². The monoisotopic (exact) mass is 256 g/mol. The predicted octanol–water partition coefficient (Wildman–Crippen LogP) is 2.88. The molecule has 0 radical (unpaired) electrons. The van der Waals surface area contributed by atoms with Crippen molar-refractivity contribution in [3.05, 3.63) is 28.1 Å². The molecule has 5 nitrogen and oxygen atoms in total. The average molecular weight is 256 g/mol. The first kappa shape index (κ1) is 13.8. The summed E-state index contributed by atoms with van der Waals surface area (Å²) < 4.78 is 0. The van der Waals surface area contributed by atoms with Crippen LogP contribution in [0.3, 0.4) is 0 Å². The van der Waals surface area contributed by atoms with Crippen LogP contribution >= 0.6 is 11.8 Å². The van der Waals surface area contributed by atoms with Gasteiger partial charge in [0.1, 0.15) is 0 Å². The molecule has 1 aromatic heterocycles. The molecule has 0 amide bonds. The predicted molar refractivity (Wildman–Crippen MR) is 68.6 cm³/mol. The van der Waals surface area contributed by atoms with E-state index in [1.54, 1.807) is 11.8 Å². The molecule has 1 atom stereocenters. The summed E-state index contributed by atoms with van der Waals surface area (Å²) in [5.74, 6) is 1.80. The molecule has 17 heavy (non-hydrogen) atoms. The molecule has 0 spiro atoms. The van der Waals surface area contributed by atoms with Crippen LogP contribution in [0, 0.1) is 16.0 Å². The molecular formula is C11H16N2O3S. The van der Waals surface area contributed by atoms with Crippen molar-refractivity contribution in [2.45, 2.75) is 20.3 Å². The van der Waals surface area contributed by atoms with Crippen molar-refractivity contribution in [1.29, 1.82) is 0 Å². The van der Waals surface area contributed by atoms with E-state index >= 15 is 0 Å². The smallest absolute Gasteiger partial charge is 0.287 e. The first-order chi connectivity index (χ1) is 8.04. The van der Waals surface area contributed by atoms with Gasteiger partial charge in [-0.1, -0.05) is 20.3 Å². The van der Waals surface area contributed by atoms with E-state index in [0.29, 0.717) is 17.4 Å². The van der Waals surface area contributed by atoms with Gasteiger partial charge in [-0.3, -0.25) is 14.9 Å². The maximum atomic E-state index is 11.7. The molecule has 1 aromatic rings. The normalized spacial score (nSPS) is 12.4. The van der Waals surface area contributed by atoms with E-state index in [-0.39, 0.29) is 11.5 Å². The second kappa shape index (κ2) is 6.44. The fourth-order valence-corrected chi connectivity index (χ4v) is 2.29. The minimum absolute atomic E-state index is 0.0692. The fourth-order valence-electron chi connectivity index (χ4n) is 1.20. The highest BCUT2D eigenvalue weighted by atomic mass is 32.2. The Hall–Kier alpha value is -1.30. The van der Waals surface area contributed by atoms with E-state index in [0.717, 1.165) is 12.2 Å². The van der Waals surface area contributed by atoms with Crippen LogP contribution in [0.5, 0.6) is 0 Å². The van der Waals surface area contributed by atoms with Gasteiger partial charge in [0.05, 0.1) is 22.6 Å². The van der Waals surface area contributed by atoms with Crippen LogP contribution in [0.4, 0.5) is 5.69 Å². The fraction of sp³-hybridized carbons (Fsp3) is 0.545. The maximum Gasteiger partial charge on any atom is 0.287 e. The maximum absolute atomic E-state index is 11.7. The number of carbonyl (C=O) groups is 1. The van der Waals surface area contributed by atoms with Crippen LogP contribution < -0.4 is 0 Å². The van der Waals surface area contributed by atoms with Gasteiger partial charge in [-0.15, -0.1) is 0 Å². The van der Waals surface area contributed by atoms with Gasteiger partial charge in [0.2, 0.25) is 0 Å². The van der Waals surface area contributed by atoms with Gasteiger partial charge in [0.15, 0.2) is 5.78 Å². The zero-order valence-electron chi connectivity index (χ0n) is 9.93. The Morgan fingerprint density at radius 3 is 2.88 bits per heavy atom. The van der Waals surface area contributed by atoms with Crippen LogP contribution in [0.25, 0.3) is 0 Å². The van der Waals surface area contributed by atoms with Crippen LogP contribution in [-0.2, 0) is 0 Å². The molecule has 0 saturated carbocycles. The molecule has 0 fully saturated rings. The van der Waals surface area contributed by atoms with Crippen molar-refractivity contribution in [3.63, 3.8) is 0 Å². The van der Waals surface area contributed by atoms with E-state index in [1.165, 1.54) is 12.3 Å². The number of rotatable bonds is 7. The number of thioether (sulfide) groups is 1. The summed E-state index contributed by atoms with van der Waals surface area (Å²) >= 11 is 1.57. The standard InChI is InChI=1S/C11H16N2O3S/c1-3-8(2)6-17-7-11(14)10-4-9(5-12-10)13(15)16/h4-5,8,12H,3,6-7H2,1-2H3. The first-order valence-corrected chi connectivity index (χ1v) is 6.63. The number of hydrogen-bond donors (Lipinski definition) is 1. The lowest BCUT2D eigenvalue weighted by atomic mass is 10.2. The Labute approximate surface area is 104 Å². The highest BCUT2D eigenvalue weighted by Crippen LogP contribution is 2.16. The molecule has 6 heteroatoms. The first-order valence-electron chi connectivity index (χ1n) is 5.48. The van der Waals surface area contributed by atoms with Crippen LogP contribution in [-0.4, -0.2) is 27.2 Å². The Bertz CT molecular complexity index is 403. The van der Waals surface area contributed by atoms with E-state index in [2.05, 4.69) is 18.8 Å². The Balaban J connectivity index is 2.44. The highest BCUT2D eigenvalue weighted by molar-refractivity contribution is 7.99. The molecule has 1 N–H and O–H groups in total. The molecule has 0 aliphatic rings. The number of H-pyrrole nitrogens is 1. The van der Waals surface area contributed by atoms with Gasteiger partial charge in [0, 0.05) is 6.07 Å². The SMILES string of the molecule is CCC(C)CSCC(=O)c1cc([N+](=O)[O-])c[nH]1. The third kappa shape index (κ3) is 4.22. The van der Waals surface area contributed by atoms with Crippen molar-refractivity contribution < 1.29 is 9.72 Å². The number of nitro groups is 1. The number of aromatic amines is 1. The van der Waals surface area contributed by atoms with E-state index in [1.807, 2.05) is 0 Å². The topological polar surface area (TPSA) is 76.0 Å². The van der Waals surface area contributed by atoms with Crippen LogP contribution in [0.1, 0.15) is 30.8 Å². The van der Waals surface area contributed by atoms with Gasteiger partial charge in [-0.25, -0.2) is 0 Å². The molecule has 1 unspecified atom stereocenters. The summed E-state index contributed by atoms with van der Waals surface area (Å²) in [6.45, 7) is 4.25.